The number of carboxylic acids is 4. The molecule has 8 nitrogen and oxygen atoms in total. The van der Waals surface area contributed by atoms with Crippen molar-refractivity contribution in [3.05, 3.63) is 56.6 Å². The van der Waals surface area contributed by atoms with E-state index in [1.54, 1.807) is 0 Å². The molecule has 0 atom stereocenters. The first-order valence-electron chi connectivity index (χ1n) is 9.38. The summed E-state index contributed by atoms with van der Waals surface area (Å²) in [4.78, 5) is 45.8. The molecule has 0 fully saturated rings. The van der Waals surface area contributed by atoms with Gasteiger partial charge in [0, 0.05) is 11.1 Å². The Morgan fingerprint density at radius 1 is 0.450 bits per heavy atom. The summed E-state index contributed by atoms with van der Waals surface area (Å²) in [6.07, 6.45) is -26.2. The van der Waals surface area contributed by atoms with Gasteiger partial charge in [0.1, 0.15) is 0 Å². The molecule has 20 heteroatoms. The van der Waals surface area contributed by atoms with E-state index in [2.05, 4.69) is 0 Å². The molecule has 0 bridgehead atoms. The molecule has 2 aromatic carbocycles. The number of hydrogen-bond acceptors (Lipinski definition) is 4. The Bertz CT molecular complexity index is 1340. The lowest BCUT2D eigenvalue weighted by Gasteiger charge is -2.28. The van der Waals surface area contributed by atoms with Gasteiger partial charge in [0.15, 0.2) is 0 Å². The van der Waals surface area contributed by atoms with Gasteiger partial charge < -0.3 is 20.4 Å². The molecule has 0 spiro atoms. The molecule has 0 radical (unpaired) electrons. The largest absolute Gasteiger partial charge is 0.478 e. The minimum Gasteiger partial charge on any atom is -0.478 e. The third kappa shape index (κ3) is 5.59. The molecule has 0 heterocycles. The van der Waals surface area contributed by atoms with Crippen molar-refractivity contribution >= 4 is 23.9 Å². The molecule has 2 rings (SSSR count). The Morgan fingerprint density at radius 3 is 0.850 bits per heavy atom. The van der Waals surface area contributed by atoms with Crippen LogP contribution >= 0.6 is 0 Å². The van der Waals surface area contributed by atoms with Crippen molar-refractivity contribution in [2.75, 3.05) is 0 Å². The number of aromatic carboxylic acids is 4. The summed E-state index contributed by atoms with van der Waals surface area (Å²) in [5.74, 6) is -11.8. The van der Waals surface area contributed by atoms with Crippen LogP contribution in [-0.2, 0) is 24.7 Å². The normalized spacial score (nSPS) is 12.8. The molecule has 4 N–H and O–H groups in total. The molecule has 0 aliphatic carbocycles. The third-order valence-electron chi connectivity index (χ3n) is 4.97. The highest BCUT2D eigenvalue weighted by Crippen LogP contribution is 2.54. The highest BCUT2D eigenvalue weighted by atomic mass is 19.4. The standard InChI is InChI=1S/C20H6F12O8/c21-17(22,23)5-1-3(13(33)34)7(15(37)38)11(19(27,28)29)9(5)10-6(18(24,25)26)2-4(14(35)36)8(16(39)40)12(10)20(30,31)32/h1-2H,(H,33,34)(H,35,36)(H,37,38)(H,39,40). The molecule has 0 aliphatic heterocycles. The van der Waals surface area contributed by atoms with Crippen LogP contribution < -0.4 is 0 Å². The van der Waals surface area contributed by atoms with Crippen molar-refractivity contribution in [3.63, 3.8) is 0 Å². The number of hydrogen-bond donors (Lipinski definition) is 4. The molecule has 0 amide bonds. The third-order valence-corrected chi connectivity index (χ3v) is 4.97. The van der Waals surface area contributed by atoms with Crippen molar-refractivity contribution in [2.24, 2.45) is 0 Å². The zero-order valence-electron chi connectivity index (χ0n) is 18.1. The summed E-state index contributed by atoms with van der Waals surface area (Å²) in [5.41, 5.74) is -30.0. The van der Waals surface area contributed by atoms with Gasteiger partial charge in [-0.25, -0.2) is 19.2 Å². The van der Waals surface area contributed by atoms with Crippen LogP contribution in [0.3, 0.4) is 0 Å². The predicted molar refractivity (Wildman–Crippen MR) is 99.7 cm³/mol. The van der Waals surface area contributed by atoms with Crippen molar-refractivity contribution in [2.45, 2.75) is 24.7 Å². The maximum Gasteiger partial charge on any atom is 0.417 e. The number of benzene rings is 2. The number of carboxylic acid groups (broad SMARTS) is 4. The van der Waals surface area contributed by atoms with Gasteiger partial charge in [-0.05, 0) is 12.1 Å². The maximum atomic E-state index is 14.1. The second-order valence-electron chi connectivity index (χ2n) is 7.41. The molecule has 218 valence electrons. The van der Waals surface area contributed by atoms with E-state index in [-0.39, 0.29) is 0 Å². The Kier molecular flexibility index (Phi) is 7.60. The Hall–Kier alpha value is -4.52. The van der Waals surface area contributed by atoms with Gasteiger partial charge in [-0.3, -0.25) is 0 Å². The van der Waals surface area contributed by atoms with Crippen LogP contribution in [-0.4, -0.2) is 44.3 Å². The lowest BCUT2D eigenvalue weighted by molar-refractivity contribution is -0.147. The van der Waals surface area contributed by atoms with Crippen molar-refractivity contribution in [1.29, 1.82) is 0 Å². The minimum atomic E-state index is -6.64. The molecular formula is C20H6F12O8. The van der Waals surface area contributed by atoms with Gasteiger partial charge in [0.2, 0.25) is 0 Å². The first-order valence-corrected chi connectivity index (χ1v) is 9.38. The summed E-state index contributed by atoms with van der Waals surface area (Å²) in [5, 5.41) is 36.4. The smallest absolute Gasteiger partial charge is 0.417 e. The van der Waals surface area contributed by atoms with E-state index < -0.39 is 116 Å². The van der Waals surface area contributed by atoms with Gasteiger partial charge in [-0.2, -0.15) is 52.7 Å². The minimum absolute atomic E-state index is 0.984. The monoisotopic (exact) mass is 602 g/mol. The fraction of sp³-hybridized carbons (Fsp3) is 0.200. The second kappa shape index (κ2) is 9.59. The number of carbonyl (C=O) groups is 4. The fourth-order valence-corrected chi connectivity index (χ4v) is 3.68. The molecule has 0 unspecified atom stereocenters. The molecule has 40 heavy (non-hydrogen) atoms. The molecular weight excluding hydrogens is 596 g/mol. The SMILES string of the molecule is O=C(O)c1cc(C(F)(F)F)c(-c2c(C(F)(F)F)cc(C(=O)O)c(C(=O)O)c2C(F)(F)F)c(C(F)(F)F)c1C(=O)O. The highest BCUT2D eigenvalue weighted by molar-refractivity contribution is 6.08. The van der Waals surface area contributed by atoms with Crippen LogP contribution in [0.25, 0.3) is 11.1 Å². The maximum absolute atomic E-state index is 14.1. The quantitative estimate of drug-likeness (QED) is 0.295. The van der Waals surface area contributed by atoms with E-state index >= 15 is 0 Å². The van der Waals surface area contributed by atoms with Crippen molar-refractivity contribution in [1.82, 2.24) is 0 Å². The molecule has 2 aromatic rings. The van der Waals surface area contributed by atoms with Gasteiger partial charge in [-0.1, -0.05) is 0 Å². The average Bonchev–Trinajstić information content (AvgIpc) is 2.73. The van der Waals surface area contributed by atoms with Gasteiger partial charge in [0.05, 0.1) is 44.5 Å². The Balaban J connectivity index is 3.73. The van der Waals surface area contributed by atoms with Gasteiger partial charge in [-0.15, -0.1) is 0 Å². The fourth-order valence-electron chi connectivity index (χ4n) is 3.68. The van der Waals surface area contributed by atoms with Crippen LogP contribution in [0.2, 0.25) is 0 Å². The zero-order valence-corrected chi connectivity index (χ0v) is 18.1. The lowest BCUT2D eigenvalue weighted by Crippen LogP contribution is -2.27. The van der Waals surface area contributed by atoms with E-state index in [0.29, 0.717) is 0 Å². The zero-order chi connectivity index (χ0) is 31.5. The second-order valence-corrected chi connectivity index (χ2v) is 7.41. The van der Waals surface area contributed by atoms with E-state index in [4.69, 9.17) is 10.2 Å². The number of halogens is 12. The lowest BCUT2D eigenvalue weighted by atomic mass is 9.80. The van der Waals surface area contributed by atoms with Crippen LogP contribution in [0.4, 0.5) is 52.7 Å². The number of rotatable bonds is 5. The summed E-state index contributed by atoms with van der Waals surface area (Å²) < 4.78 is 168. The van der Waals surface area contributed by atoms with Crippen molar-refractivity contribution < 1.29 is 92.3 Å². The summed E-state index contributed by atoms with van der Waals surface area (Å²) in [6.45, 7) is 0. The van der Waals surface area contributed by atoms with Gasteiger partial charge in [0.25, 0.3) is 0 Å². The van der Waals surface area contributed by atoms with Gasteiger partial charge >= 0.3 is 48.6 Å². The summed E-state index contributed by atoms with van der Waals surface area (Å²) >= 11 is 0. The van der Waals surface area contributed by atoms with E-state index in [0.717, 1.165) is 0 Å². The van der Waals surface area contributed by atoms with E-state index in [1.807, 2.05) is 0 Å². The van der Waals surface area contributed by atoms with Crippen molar-refractivity contribution in [3.8, 4) is 11.1 Å². The highest BCUT2D eigenvalue weighted by Gasteiger charge is 2.53. The van der Waals surface area contributed by atoms with Crippen LogP contribution in [0.5, 0.6) is 0 Å². The van der Waals surface area contributed by atoms with Crippen LogP contribution in [0, 0.1) is 0 Å². The van der Waals surface area contributed by atoms with E-state index in [9.17, 15) is 82.1 Å². The topological polar surface area (TPSA) is 149 Å². The average molecular weight is 602 g/mol. The Labute approximate surface area is 209 Å². The molecule has 0 saturated heterocycles. The predicted octanol–water partition coefficient (Wildman–Crippen LogP) is 6.22. The van der Waals surface area contributed by atoms with E-state index in [1.165, 1.54) is 0 Å². The summed E-state index contributed by atoms with van der Waals surface area (Å²) in [6, 6.07) is -1.97. The first-order chi connectivity index (χ1) is 17.7. The number of alkyl halides is 12. The molecule has 0 aromatic heterocycles. The summed E-state index contributed by atoms with van der Waals surface area (Å²) in [7, 11) is 0. The molecule has 0 saturated carbocycles. The Morgan fingerprint density at radius 2 is 0.700 bits per heavy atom. The van der Waals surface area contributed by atoms with Crippen LogP contribution in [0.1, 0.15) is 63.7 Å². The first kappa shape index (κ1) is 31.7. The van der Waals surface area contributed by atoms with Crippen LogP contribution in [0.15, 0.2) is 12.1 Å². The molecule has 0 aliphatic rings.